The highest BCUT2D eigenvalue weighted by Gasteiger charge is 2.36. The standard InChI is InChI=1S/C24H22FN3O5S/c1-33-22-5-3-2-4-21(22)28-15-16(14-23(28)29)24(30)26-18-8-10-19(11-9-18)27-34(31,32)20-12-6-17(25)7-13-20/h2-13,16,27H,14-15H2,1H3,(H,26,30). The first kappa shape index (κ1) is 23.2. The van der Waals surface area contributed by atoms with Crippen molar-refractivity contribution in [3.05, 3.63) is 78.6 Å². The van der Waals surface area contributed by atoms with E-state index in [9.17, 15) is 22.4 Å². The van der Waals surface area contributed by atoms with Crippen LogP contribution in [0.25, 0.3) is 0 Å². The van der Waals surface area contributed by atoms with Crippen molar-refractivity contribution in [2.75, 3.05) is 28.6 Å². The summed E-state index contributed by atoms with van der Waals surface area (Å²) in [5, 5.41) is 2.77. The molecule has 1 atom stereocenters. The third-order valence-corrected chi connectivity index (χ3v) is 6.80. The fourth-order valence-corrected chi connectivity index (χ4v) is 4.72. The maximum Gasteiger partial charge on any atom is 0.261 e. The monoisotopic (exact) mass is 483 g/mol. The topological polar surface area (TPSA) is 105 Å². The van der Waals surface area contributed by atoms with E-state index in [0.717, 1.165) is 12.1 Å². The van der Waals surface area contributed by atoms with Gasteiger partial charge in [-0.15, -0.1) is 0 Å². The number of methoxy groups -OCH3 is 1. The molecule has 8 nitrogen and oxygen atoms in total. The van der Waals surface area contributed by atoms with Crippen molar-refractivity contribution in [3.63, 3.8) is 0 Å². The zero-order valence-electron chi connectivity index (χ0n) is 18.2. The fraction of sp³-hybridized carbons (Fsp3) is 0.167. The first-order valence-corrected chi connectivity index (χ1v) is 11.9. The predicted molar refractivity (Wildman–Crippen MR) is 126 cm³/mol. The number of nitrogens with one attached hydrogen (secondary N) is 2. The molecule has 1 fully saturated rings. The summed E-state index contributed by atoms with van der Waals surface area (Å²) < 4.78 is 45.6. The number of para-hydroxylation sites is 2. The highest BCUT2D eigenvalue weighted by Crippen LogP contribution is 2.33. The van der Waals surface area contributed by atoms with Crippen molar-refractivity contribution in [2.45, 2.75) is 11.3 Å². The van der Waals surface area contributed by atoms with Crippen molar-refractivity contribution in [1.29, 1.82) is 0 Å². The predicted octanol–water partition coefficient (Wildman–Crippen LogP) is 3.63. The van der Waals surface area contributed by atoms with E-state index in [2.05, 4.69) is 10.0 Å². The molecule has 34 heavy (non-hydrogen) atoms. The minimum Gasteiger partial charge on any atom is -0.495 e. The number of hydrogen-bond donors (Lipinski definition) is 2. The Balaban J connectivity index is 1.39. The van der Waals surface area contributed by atoms with Gasteiger partial charge in [0, 0.05) is 24.3 Å². The van der Waals surface area contributed by atoms with E-state index in [1.165, 1.54) is 36.3 Å². The van der Waals surface area contributed by atoms with Crippen LogP contribution in [0, 0.1) is 11.7 Å². The highest BCUT2D eigenvalue weighted by atomic mass is 32.2. The molecular weight excluding hydrogens is 461 g/mol. The van der Waals surface area contributed by atoms with Gasteiger partial charge in [-0.3, -0.25) is 14.3 Å². The molecule has 2 N–H and O–H groups in total. The van der Waals surface area contributed by atoms with E-state index < -0.39 is 21.8 Å². The van der Waals surface area contributed by atoms with Crippen molar-refractivity contribution in [2.24, 2.45) is 5.92 Å². The van der Waals surface area contributed by atoms with Crippen LogP contribution in [0.1, 0.15) is 6.42 Å². The Kier molecular flexibility index (Phi) is 6.51. The zero-order valence-corrected chi connectivity index (χ0v) is 19.0. The van der Waals surface area contributed by atoms with Gasteiger partial charge < -0.3 is 15.0 Å². The van der Waals surface area contributed by atoms with Crippen LogP contribution in [0.3, 0.4) is 0 Å². The molecule has 0 aliphatic carbocycles. The Morgan fingerprint density at radius 3 is 2.32 bits per heavy atom. The Hall–Kier alpha value is -3.92. The highest BCUT2D eigenvalue weighted by molar-refractivity contribution is 7.92. The van der Waals surface area contributed by atoms with Gasteiger partial charge in [-0.05, 0) is 60.7 Å². The smallest absolute Gasteiger partial charge is 0.261 e. The maximum atomic E-state index is 13.0. The molecule has 0 saturated carbocycles. The van der Waals surface area contributed by atoms with Gasteiger partial charge >= 0.3 is 0 Å². The Morgan fingerprint density at radius 1 is 1.00 bits per heavy atom. The summed E-state index contributed by atoms with van der Waals surface area (Å²) in [5.74, 6) is -1.01. The molecule has 0 radical (unpaired) electrons. The Bertz CT molecular complexity index is 1310. The van der Waals surface area contributed by atoms with Crippen LogP contribution in [0.4, 0.5) is 21.5 Å². The minimum absolute atomic E-state index is 0.0689. The van der Waals surface area contributed by atoms with Gasteiger partial charge in [0.05, 0.1) is 23.6 Å². The second-order valence-electron chi connectivity index (χ2n) is 7.70. The summed E-state index contributed by atoms with van der Waals surface area (Å²) in [6.07, 6.45) is 0.0689. The molecule has 1 aliphatic heterocycles. The SMILES string of the molecule is COc1ccccc1N1CC(C(=O)Nc2ccc(NS(=O)(=O)c3ccc(F)cc3)cc2)CC1=O. The molecule has 0 aromatic heterocycles. The van der Waals surface area contributed by atoms with Crippen LogP contribution in [0.15, 0.2) is 77.7 Å². The maximum absolute atomic E-state index is 13.0. The van der Waals surface area contributed by atoms with E-state index in [-0.39, 0.29) is 35.4 Å². The van der Waals surface area contributed by atoms with Crippen molar-refractivity contribution >= 4 is 38.9 Å². The van der Waals surface area contributed by atoms with Gasteiger partial charge in [0.15, 0.2) is 0 Å². The molecule has 3 aromatic carbocycles. The average Bonchev–Trinajstić information content (AvgIpc) is 3.22. The summed E-state index contributed by atoms with van der Waals surface area (Å²) >= 11 is 0. The number of halogens is 1. The number of carbonyl (C=O) groups is 2. The number of nitrogens with zero attached hydrogens (tertiary/aromatic N) is 1. The van der Waals surface area contributed by atoms with Crippen molar-refractivity contribution < 1.29 is 27.1 Å². The van der Waals surface area contributed by atoms with Gasteiger partial charge in [0.1, 0.15) is 11.6 Å². The summed E-state index contributed by atoms with van der Waals surface area (Å²) in [6.45, 7) is 0.223. The lowest BCUT2D eigenvalue weighted by Gasteiger charge is -2.19. The molecule has 4 rings (SSSR count). The number of anilines is 3. The Labute approximate surface area is 196 Å². The van der Waals surface area contributed by atoms with Crippen LogP contribution in [0.2, 0.25) is 0 Å². The number of benzene rings is 3. The number of carbonyl (C=O) groups excluding carboxylic acids is 2. The normalized spacial score (nSPS) is 15.8. The first-order valence-electron chi connectivity index (χ1n) is 10.4. The minimum atomic E-state index is -3.88. The lowest BCUT2D eigenvalue weighted by molar-refractivity contribution is -0.122. The van der Waals surface area contributed by atoms with E-state index in [1.54, 1.807) is 36.4 Å². The van der Waals surface area contributed by atoms with E-state index in [1.807, 2.05) is 0 Å². The van der Waals surface area contributed by atoms with Gasteiger partial charge in [0.2, 0.25) is 11.8 Å². The summed E-state index contributed by atoms with van der Waals surface area (Å²) in [5.41, 5.74) is 1.35. The van der Waals surface area contributed by atoms with Gasteiger partial charge in [-0.25, -0.2) is 12.8 Å². The van der Waals surface area contributed by atoms with Gasteiger partial charge in [-0.2, -0.15) is 0 Å². The Morgan fingerprint density at radius 2 is 1.65 bits per heavy atom. The van der Waals surface area contributed by atoms with Crippen molar-refractivity contribution in [3.8, 4) is 5.75 Å². The molecule has 1 unspecified atom stereocenters. The lowest BCUT2D eigenvalue weighted by Crippen LogP contribution is -2.28. The van der Waals surface area contributed by atoms with E-state index in [0.29, 0.717) is 17.1 Å². The van der Waals surface area contributed by atoms with Crippen LogP contribution >= 0.6 is 0 Å². The molecule has 2 amide bonds. The third-order valence-electron chi connectivity index (χ3n) is 5.40. The molecule has 0 spiro atoms. The molecular formula is C24H22FN3O5S. The number of rotatable bonds is 7. The molecule has 176 valence electrons. The molecule has 1 heterocycles. The summed E-state index contributed by atoms with van der Waals surface area (Å²) in [6, 6.07) is 17.7. The molecule has 1 saturated heterocycles. The molecule has 3 aromatic rings. The average molecular weight is 484 g/mol. The first-order chi connectivity index (χ1) is 16.3. The van der Waals surface area contributed by atoms with Crippen LogP contribution < -0.4 is 19.7 Å². The second-order valence-corrected chi connectivity index (χ2v) is 9.39. The number of sulfonamides is 1. The molecule has 0 bridgehead atoms. The fourth-order valence-electron chi connectivity index (χ4n) is 3.66. The molecule has 10 heteroatoms. The van der Waals surface area contributed by atoms with Crippen LogP contribution in [-0.4, -0.2) is 33.9 Å². The molecule has 1 aliphatic rings. The third kappa shape index (κ3) is 5.01. The van der Waals surface area contributed by atoms with Crippen LogP contribution in [0.5, 0.6) is 5.75 Å². The summed E-state index contributed by atoms with van der Waals surface area (Å²) in [4.78, 5) is 26.7. The number of amides is 2. The van der Waals surface area contributed by atoms with Crippen molar-refractivity contribution in [1.82, 2.24) is 0 Å². The van der Waals surface area contributed by atoms with Gasteiger partial charge in [-0.1, -0.05) is 12.1 Å². The largest absolute Gasteiger partial charge is 0.495 e. The van der Waals surface area contributed by atoms with E-state index >= 15 is 0 Å². The number of hydrogen-bond acceptors (Lipinski definition) is 5. The van der Waals surface area contributed by atoms with Gasteiger partial charge in [0.25, 0.3) is 10.0 Å². The zero-order chi connectivity index (χ0) is 24.3. The van der Waals surface area contributed by atoms with Crippen LogP contribution in [-0.2, 0) is 19.6 Å². The van der Waals surface area contributed by atoms with E-state index in [4.69, 9.17) is 4.74 Å². The summed E-state index contributed by atoms with van der Waals surface area (Å²) in [7, 11) is -2.36. The lowest BCUT2D eigenvalue weighted by atomic mass is 10.1. The second kappa shape index (κ2) is 9.52. The number of ether oxygens (including phenoxy) is 1. The quantitative estimate of drug-likeness (QED) is 0.534.